The van der Waals surface area contributed by atoms with Crippen molar-refractivity contribution in [3.05, 3.63) is 39.6 Å². The van der Waals surface area contributed by atoms with E-state index in [0.717, 1.165) is 11.4 Å². The fraction of sp³-hybridized carbons (Fsp3) is 0.167. The van der Waals surface area contributed by atoms with E-state index in [1.54, 1.807) is 19.1 Å². The average Bonchev–Trinajstić information content (AvgIpc) is 2.64. The van der Waals surface area contributed by atoms with Crippen LogP contribution in [-0.4, -0.2) is 21.2 Å². The van der Waals surface area contributed by atoms with Crippen LogP contribution in [0.5, 0.6) is 5.75 Å². The lowest BCUT2D eigenvalue weighted by Gasteiger charge is -2.06. The molecule has 18 heavy (non-hydrogen) atoms. The predicted molar refractivity (Wildman–Crippen MR) is 71.8 cm³/mol. The van der Waals surface area contributed by atoms with E-state index in [9.17, 15) is 9.90 Å². The largest absolute Gasteiger partial charge is 0.507 e. The number of hydrogen-bond donors (Lipinski definition) is 3. The molecular weight excluding hydrogens is 298 g/mol. The molecule has 2 aromatic rings. The summed E-state index contributed by atoms with van der Waals surface area (Å²) in [5.74, 6) is -0.256. The Hall–Kier alpha value is -1.82. The van der Waals surface area contributed by atoms with Crippen LogP contribution in [0.3, 0.4) is 0 Å². The molecule has 0 aliphatic heterocycles. The molecule has 6 heteroatoms. The van der Waals surface area contributed by atoms with Gasteiger partial charge in [-0.3, -0.25) is 9.89 Å². The first-order valence-electron chi connectivity index (χ1n) is 5.30. The van der Waals surface area contributed by atoms with Crippen molar-refractivity contribution in [1.82, 2.24) is 10.2 Å². The number of phenols is 1. The van der Waals surface area contributed by atoms with Crippen LogP contribution in [0.2, 0.25) is 0 Å². The minimum Gasteiger partial charge on any atom is -0.507 e. The van der Waals surface area contributed by atoms with Gasteiger partial charge >= 0.3 is 0 Å². The summed E-state index contributed by atoms with van der Waals surface area (Å²) in [5, 5.41) is 19.1. The van der Waals surface area contributed by atoms with Crippen LogP contribution in [0, 0.1) is 13.8 Å². The number of phenolic OH excluding ortho intramolecular Hbond substituents is 1. The second kappa shape index (κ2) is 4.81. The molecule has 0 saturated heterocycles. The Balaban J connectivity index is 2.25. The normalized spacial score (nSPS) is 10.4. The molecule has 0 radical (unpaired) electrons. The molecule has 3 N–H and O–H groups in total. The van der Waals surface area contributed by atoms with Gasteiger partial charge in [0.15, 0.2) is 0 Å². The van der Waals surface area contributed by atoms with E-state index >= 15 is 0 Å². The Kier molecular flexibility index (Phi) is 3.38. The summed E-state index contributed by atoms with van der Waals surface area (Å²) in [7, 11) is 0. The first-order chi connectivity index (χ1) is 8.49. The molecular formula is C12H12BrN3O2. The van der Waals surface area contributed by atoms with Gasteiger partial charge in [0, 0.05) is 5.56 Å². The molecule has 94 valence electrons. The van der Waals surface area contributed by atoms with Gasteiger partial charge in [-0.15, -0.1) is 0 Å². The number of aromatic hydroxyl groups is 1. The molecule has 0 fully saturated rings. The van der Waals surface area contributed by atoms with E-state index < -0.39 is 0 Å². The molecule has 0 spiro atoms. The second-order valence-electron chi connectivity index (χ2n) is 3.93. The lowest BCUT2D eigenvalue weighted by molar-refractivity contribution is 0.102. The highest BCUT2D eigenvalue weighted by Gasteiger charge is 2.13. The Morgan fingerprint density at radius 2 is 2.17 bits per heavy atom. The Morgan fingerprint density at radius 1 is 1.44 bits per heavy atom. The second-order valence-corrected chi connectivity index (χ2v) is 4.78. The number of carbonyl (C=O) groups excluding carboxylic acids is 1. The number of H-pyrrole nitrogens is 1. The number of hydrogen-bond acceptors (Lipinski definition) is 3. The summed E-state index contributed by atoms with van der Waals surface area (Å²) in [6, 6.07) is 4.66. The molecule has 0 aliphatic rings. The number of aromatic amines is 1. The number of anilines is 1. The fourth-order valence-electron chi connectivity index (χ4n) is 1.57. The third-order valence-corrected chi connectivity index (χ3v) is 3.25. The highest BCUT2D eigenvalue weighted by molar-refractivity contribution is 9.10. The van der Waals surface area contributed by atoms with E-state index in [0.29, 0.717) is 15.7 Å². The van der Waals surface area contributed by atoms with Gasteiger partial charge in [-0.25, -0.2) is 0 Å². The summed E-state index contributed by atoms with van der Waals surface area (Å²) >= 11 is 3.17. The molecule has 0 bridgehead atoms. The van der Waals surface area contributed by atoms with Crippen LogP contribution in [0.1, 0.15) is 21.7 Å². The molecule has 1 heterocycles. The molecule has 0 atom stereocenters. The Morgan fingerprint density at radius 3 is 2.72 bits per heavy atom. The molecule has 5 nitrogen and oxygen atoms in total. The smallest absolute Gasteiger partial charge is 0.255 e. The van der Waals surface area contributed by atoms with Crippen molar-refractivity contribution in [2.45, 2.75) is 13.8 Å². The molecule has 1 amide bonds. The van der Waals surface area contributed by atoms with Crippen LogP contribution < -0.4 is 5.32 Å². The zero-order chi connectivity index (χ0) is 13.3. The number of amides is 1. The predicted octanol–water partition coefficient (Wildman–Crippen LogP) is 2.75. The van der Waals surface area contributed by atoms with E-state index in [1.807, 2.05) is 6.92 Å². The minimum atomic E-state index is -0.287. The maximum absolute atomic E-state index is 12.0. The standard InChI is InChI=1S/C12H12BrN3O2/c1-6-11(7(2)16-15-6)14-12(18)8-3-4-9(13)10(17)5-8/h3-5,17H,1-2H3,(H,14,18)(H,15,16). The van der Waals surface area contributed by atoms with Crippen LogP contribution >= 0.6 is 15.9 Å². The number of nitrogens with one attached hydrogen (secondary N) is 2. The van der Waals surface area contributed by atoms with Gasteiger partial charge < -0.3 is 10.4 Å². The molecule has 0 unspecified atom stereocenters. The molecule has 1 aromatic carbocycles. The number of aromatic nitrogens is 2. The van der Waals surface area contributed by atoms with Crippen molar-refractivity contribution in [3.8, 4) is 5.75 Å². The number of carbonyl (C=O) groups is 1. The lowest BCUT2D eigenvalue weighted by Crippen LogP contribution is -2.12. The molecule has 2 rings (SSSR count). The molecule has 0 saturated carbocycles. The zero-order valence-corrected chi connectivity index (χ0v) is 11.5. The highest BCUT2D eigenvalue weighted by Crippen LogP contribution is 2.25. The van der Waals surface area contributed by atoms with Gasteiger partial charge in [0.05, 0.1) is 21.5 Å². The number of nitrogens with zero attached hydrogens (tertiary/aromatic N) is 1. The summed E-state index contributed by atoms with van der Waals surface area (Å²) in [4.78, 5) is 12.0. The molecule has 1 aromatic heterocycles. The topological polar surface area (TPSA) is 78.0 Å². The Bertz CT molecular complexity index is 588. The summed E-state index contributed by atoms with van der Waals surface area (Å²) < 4.78 is 0.551. The Labute approximate surface area is 112 Å². The van der Waals surface area contributed by atoms with E-state index in [4.69, 9.17) is 0 Å². The monoisotopic (exact) mass is 309 g/mol. The van der Waals surface area contributed by atoms with Crippen molar-refractivity contribution in [2.75, 3.05) is 5.32 Å². The number of rotatable bonds is 2. The number of benzene rings is 1. The zero-order valence-electron chi connectivity index (χ0n) is 9.91. The van der Waals surface area contributed by atoms with Gasteiger partial charge in [-0.2, -0.15) is 5.10 Å². The van der Waals surface area contributed by atoms with Crippen LogP contribution in [0.4, 0.5) is 5.69 Å². The van der Waals surface area contributed by atoms with E-state index in [2.05, 4.69) is 31.4 Å². The highest BCUT2D eigenvalue weighted by atomic mass is 79.9. The number of aryl methyl sites for hydroxylation is 2. The van der Waals surface area contributed by atoms with Gasteiger partial charge in [-0.05, 0) is 48.0 Å². The van der Waals surface area contributed by atoms with Crippen molar-refractivity contribution in [3.63, 3.8) is 0 Å². The average molecular weight is 310 g/mol. The summed E-state index contributed by atoms with van der Waals surface area (Å²) in [6.45, 7) is 3.63. The van der Waals surface area contributed by atoms with E-state index in [1.165, 1.54) is 6.07 Å². The third-order valence-electron chi connectivity index (χ3n) is 2.57. The molecule has 0 aliphatic carbocycles. The summed E-state index contributed by atoms with van der Waals surface area (Å²) in [6.07, 6.45) is 0. The van der Waals surface area contributed by atoms with Crippen molar-refractivity contribution >= 4 is 27.5 Å². The van der Waals surface area contributed by atoms with Gasteiger partial charge in [0.2, 0.25) is 0 Å². The van der Waals surface area contributed by atoms with Crippen molar-refractivity contribution < 1.29 is 9.90 Å². The van der Waals surface area contributed by atoms with Crippen molar-refractivity contribution in [1.29, 1.82) is 0 Å². The number of halogens is 1. The SMILES string of the molecule is Cc1n[nH]c(C)c1NC(=O)c1ccc(Br)c(O)c1. The maximum atomic E-state index is 12.0. The fourth-order valence-corrected chi connectivity index (χ4v) is 1.82. The quantitative estimate of drug-likeness (QED) is 0.798. The van der Waals surface area contributed by atoms with Crippen LogP contribution in [0.15, 0.2) is 22.7 Å². The van der Waals surface area contributed by atoms with Gasteiger partial charge in [0.25, 0.3) is 5.91 Å². The lowest BCUT2D eigenvalue weighted by atomic mass is 10.2. The van der Waals surface area contributed by atoms with Crippen LogP contribution in [0.25, 0.3) is 0 Å². The van der Waals surface area contributed by atoms with Gasteiger partial charge in [0.1, 0.15) is 5.75 Å². The van der Waals surface area contributed by atoms with E-state index in [-0.39, 0.29) is 11.7 Å². The maximum Gasteiger partial charge on any atom is 0.255 e. The third kappa shape index (κ3) is 2.38. The first-order valence-corrected chi connectivity index (χ1v) is 6.09. The first kappa shape index (κ1) is 12.6. The van der Waals surface area contributed by atoms with Crippen LogP contribution in [-0.2, 0) is 0 Å². The van der Waals surface area contributed by atoms with Crippen molar-refractivity contribution in [2.24, 2.45) is 0 Å². The summed E-state index contributed by atoms with van der Waals surface area (Å²) in [5.41, 5.74) is 2.57. The minimum absolute atomic E-state index is 0.0308. The van der Waals surface area contributed by atoms with Gasteiger partial charge in [-0.1, -0.05) is 0 Å².